The lowest BCUT2D eigenvalue weighted by Crippen LogP contribution is -2.56. The van der Waals surface area contributed by atoms with Crippen molar-refractivity contribution in [2.45, 2.75) is 31.3 Å². The zero-order valence-electron chi connectivity index (χ0n) is 11.0. The number of carbonyl (C=O) groups is 1. The number of aromatic nitrogens is 1. The molecule has 104 valence electrons. The van der Waals surface area contributed by atoms with Gasteiger partial charge in [0.2, 0.25) is 0 Å². The molecule has 0 saturated heterocycles. The summed E-state index contributed by atoms with van der Waals surface area (Å²) < 4.78 is 0. The van der Waals surface area contributed by atoms with Gasteiger partial charge in [0.1, 0.15) is 10.5 Å². The van der Waals surface area contributed by atoms with Gasteiger partial charge in [0.25, 0.3) is 0 Å². The summed E-state index contributed by atoms with van der Waals surface area (Å²) in [6.45, 7) is 0.510. The lowest BCUT2D eigenvalue weighted by molar-refractivity contribution is -0.148. The Morgan fingerprint density at radius 3 is 2.70 bits per heavy atom. The number of hydrogen-bond donors (Lipinski definition) is 2. The standard InChI is InChI=1S/C15H16N2O2S/c18-14(19)15(7-4-8-15)16-9-12-10-20-13(17-12)11-5-2-1-3-6-11/h1-3,5-6,10,16H,4,7-9H2,(H,18,19). The summed E-state index contributed by atoms with van der Waals surface area (Å²) in [6.07, 6.45) is 2.39. The molecule has 0 atom stereocenters. The van der Waals surface area contributed by atoms with Crippen molar-refractivity contribution >= 4 is 17.3 Å². The molecule has 3 rings (SSSR count). The SMILES string of the molecule is O=C(O)C1(NCc2csc(-c3ccccc3)n2)CCC1. The van der Waals surface area contributed by atoms with Crippen LogP contribution in [0.5, 0.6) is 0 Å². The molecule has 0 bridgehead atoms. The highest BCUT2D eigenvalue weighted by atomic mass is 32.1. The fourth-order valence-corrected chi connectivity index (χ4v) is 3.18. The molecule has 0 radical (unpaired) electrons. The predicted molar refractivity (Wildman–Crippen MR) is 78.6 cm³/mol. The third kappa shape index (κ3) is 2.46. The van der Waals surface area contributed by atoms with E-state index in [0.29, 0.717) is 19.4 Å². The van der Waals surface area contributed by atoms with Crippen LogP contribution in [0.1, 0.15) is 25.0 Å². The molecule has 1 saturated carbocycles. The first-order valence-electron chi connectivity index (χ1n) is 6.68. The lowest BCUT2D eigenvalue weighted by Gasteiger charge is -2.38. The van der Waals surface area contributed by atoms with E-state index >= 15 is 0 Å². The summed E-state index contributed by atoms with van der Waals surface area (Å²) in [5.74, 6) is -0.748. The number of nitrogens with one attached hydrogen (secondary N) is 1. The van der Waals surface area contributed by atoms with Crippen LogP contribution in [-0.2, 0) is 11.3 Å². The van der Waals surface area contributed by atoms with Crippen molar-refractivity contribution in [2.24, 2.45) is 0 Å². The van der Waals surface area contributed by atoms with Gasteiger partial charge in [-0.2, -0.15) is 0 Å². The number of nitrogens with zero attached hydrogens (tertiary/aromatic N) is 1. The molecule has 2 N–H and O–H groups in total. The largest absolute Gasteiger partial charge is 0.480 e. The van der Waals surface area contributed by atoms with Crippen LogP contribution in [0.3, 0.4) is 0 Å². The van der Waals surface area contributed by atoms with E-state index in [9.17, 15) is 9.90 Å². The molecular formula is C15H16N2O2S. The molecular weight excluding hydrogens is 272 g/mol. The molecule has 1 heterocycles. The third-order valence-electron chi connectivity index (χ3n) is 3.80. The maximum Gasteiger partial charge on any atom is 0.323 e. The second kappa shape index (κ2) is 5.34. The first-order chi connectivity index (χ1) is 9.70. The monoisotopic (exact) mass is 288 g/mol. The molecule has 1 aromatic heterocycles. The molecule has 0 amide bonds. The van der Waals surface area contributed by atoms with Crippen LogP contribution in [0.2, 0.25) is 0 Å². The second-order valence-electron chi connectivity index (χ2n) is 5.10. The Morgan fingerprint density at radius 1 is 1.35 bits per heavy atom. The summed E-state index contributed by atoms with van der Waals surface area (Å²) >= 11 is 1.59. The fraction of sp³-hybridized carbons (Fsp3) is 0.333. The summed E-state index contributed by atoms with van der Waals surface area (Å²) in [7, 11) is 0. The van der Waals surface area contributed by atoms with Crippen molar-refractivity contribution in [2.75, 3.05) is 0 Å². The maximum absolute atomic E-state index is 11.3. The van der Waals surface area contributed by atoms with E-state index < -0.39 is 11.5 Å². The van der Waals surface area contributed by atoms with Crippen LogP contribution in [0, 0.1) is 0 Å². The minimum Gasteiger partial charge on any atom is -0.480 e. The molecule has 2 aromatic rings. The number of carboxylic acid groups (broad SMARTS) is 1. The Labute approximate surface area is 121 Å². The maximum atomic E-state index is 11.3. The molecule has 1 aromatic carbocycles. The van der Waals surface area contributed by atoms with Crippen molar-refractivity contribution in [1.29, 1.82) is 0 Å². The molecule has 5 heteroatoms. The van der Waals surface area contributed by atoms with Gasteiger partial charge in [-0.15, -0.1) is 11.3 Å². The highest BCUT2D eigenvalue weighted by Gasteiger charge is 2.43. The van der Waals surface area contributed by atoms with E-state index in [1.54, 1.807) is 11.3 Å². The Balaban J connectivity index is 1.68. The highest BCUT2D eigenvalue weighted by molar-refractivity contribution is 7.13. The van der Waals surface area contributed by atoms with Gasteiger partial charge in [0.05, 0.1) is 5.69 Å². The molecule has 4 nitrogen and oxygen atoms in total. The summed E-state index contributed by atoms with van der Waals surface area (Å²) in [6, 6.07) is 10.0. The third-order valence-corrected chi connectivity index (χ3v) is 4.74. The van der Waals surface area contributed by atoms with Crippen LogP contribution in [-0.4, -0.2) is 21.6 Å². The topological polar surface area (TPSA) is 62.2 Å². The van der Waals surface area contributed by atoms with Crippen LogP contribution in [0.15, 0.2) is 35.7 Å². The number of rotatable bonds is 5. The van der Waals surface area contributed by atoms with Crippen molar-refractivity contribution in [1.82, 2.24) is 10.3 Å². The van der Waals surface area contributed by atoms with Gasteiger partial charge in [0, 0.05) is 17.5 Å². The Kier molecular flexibility index (Phi) is 3.54. The van der Waals surface area contributed by atoms with Crippen LogP contribution < -0.4 is 5.32 Å². The Bertz CT molecular complexity index is 605. The van der Waals surface area contributed by atoms with E-state index in [1.807, 2.05) is 35.7 Å². The first kappa shape index (κ1) is 13.3. The number of thiazole rings is 1. The summed E-state index contributed by atoms with van der Waals surface area (Å²) in [4.78, 5) is 15.8. The molecule has 1 fully saturated rings. The summed E-state index contributed by atoms with van der Waals surface area (Å²) in [5.41, 5.74) is 1.28. The number of carboxylic acids is 1. The number of hydrogen-bond acceptors (Lipinski definition) is 4. The van der Waals surface area contributed by atoms with E-state index in [4.69, 9.17) is 0 Å². The van der Waals surface area contributed by atoms with Crippen molar-refractivity contribution in [3.8, 4) is 10.6 Å². The van der Waals surface area contributed by atoms with Gasteiger partial charge in [-0.05, 0) is 19.3 Å². The van der Waals surface area contributed by atoms with Gasteiger partial charge in [-0.3, -0.25) is 10.1 Å². The van der Waals surface area contributed by atoms with Crippen molar-refractivity contribution in [3.05, 3.63) is 41.4 Å². The van der Waals surface area contributed by atoms with E-state index in [-0.39, 0.29) is 0 Å². The zero-order valence-corrected chi connectivity index (χ0v) is 11.8. The van der Waals surface area contributed by atoms with Crippen LogP contribution in [0.25, 0.3) is 10.6 Å². The summed E-state index contributed by atoms with van der Waals surface area (Å²) in [5, 5.41) is 15.4. The minimum atomic E-state index is -0.748. The predicted octanol–water partition coefficient (Wildman–Crippen LogP) is 2.91. The molecule has 1 aliphatic carbocycles. The molecule has 1 aliphatic rings. The van der Waals surface area contributed by atoms with E-state index in [1.165, 1.54) is 0 Å². The second-order valence-corrected chi connectivity index (χ2v) is 5.96. The van der Waals surface area contributed by atoms with Gasteiger partial charge in [-0.1, -0.05) is 30.3 Å². The van der Waals surface area contributed by atoms with E-state index in [2.05, 4.69) is 10.3 Å². The van der Waals surface area contributed by atoms with Gasteiger partial charge < -0.3 is 5.11 Å². The normalized spacial score (nSPS) is 16.6. The average Bonchev–Trinajstić information content (AvgIpc) is 2.87. The smallest absolute Gasteiger partial charge is 0.323 e. The molecule has 0 unspecified atom stereocenters. The molecule has 0 spiro atoms. The Morgan fingerprint density at radius 2 is 2.10 bits per heavy atom. The molecule has 0 aliphatic heterocycles. The zero-order chi connectivity index (χ0) is 14.0. The highest BCUT2D eigenvalue weighted by Crippen LogP contribution is 2.32. The van der Waals surface area contributed by atoms with Gasteiger partial charge in [0.15, 0.2) is 0 Å². The quantitative estimate of drug-likeness (QED) is 0.888. The average molecular weight is 288 g/mol. The van der Waals surface area contributed by atoms with Crippen LogP contribution in [0.4, 0.5) is 0 Å². The van der Waals surface area contributed by atoms with E-state index in [0.717, 1.165) is 22.7 Å². The minimum absolute atomic E-state index is 0.510. The first-order valence-corrected chi connectivity index (χ1v) is 7.56. The van der Waals surface area contributed by atoms with Crippen molar-refractivity contribution in [3.63, 3.8) is 0 Å². The van der Waals surface area contributed by atoms with Crippen molar-refractivity contribution < 1.29 is 9.90 Å². The molecule has 20 heavy (non-hydrogen) atoms. The number of aliphatic carboxylic acids is 1. The lowest BCUT2D eigenvalue weighted by atomic mass is 9.77. The fourth-order valence-electron chi connectivity index (χ4n) is 2.36. The van der Waals surface area contributed by atoms with Crippen LogP contribution >= 0.6 is 11.3 Å². The number of benzene rings is 1. The van der Waals surface area contributed by atoms with Gasteiger partial charge >= 0.3 is 5.97 Å². The Hall–Kier alpha value is -1.72. The van der Waals surface area contributed by atoms with Gasteiger partial charge in [-0.25, -0.2) is 4.98 Å².